The zero-order valence-electron chi connectivity index (χ0n) is 36.2. The minimum Gasteiger partial charge on any atom is -0.504 e. The standard InChI is InChI=1S/C50H58N6O8/c1-30(57)62-43-28-42(35-26-40(59)47(60)45(27-35)61-22-15-32-6-3-18-52-29-32)64-48-36(43)11-9-34-10-12-38-41(63-44-24-33(23-37(34)48)8-13-39(44)58)7-2-16-50(38)17-21-55-49(56-50)54-19-4-5-31-14-20-53-46(51)25-31/h3,6,8,13-14,18,20,24-27,29,34,36-38,41-43,48,58-60H,2,4-5,7,9,11,15-17,19,21-23,28H2,1H3,(H2,51,53)(H2,54,55,56)/t34-,36+,37+,38-,41-,42+,43+,48-,50-/m1/s1. The van der Waals surface area contributed by atoms with Crippen LogP contribution in [0.15, 0.2) is 78.2 Å². The van der Waals surface area contributed by atoms with Crippen molar-refractivity contribution in [2.45, 2.75) is 108 Å². The fraction of sp³-hybridized carbons (Fsp3) is 0.480. The molecule has 3 fully saturated rings. The second-order valence-electron chi connectivity index (χ2n) is 18.0. The highest BCUT2D eigenvalue weighted by atomic mass is 16.6. The van der Waals surface area contributed by atoms with Gasteiger partial charge in [-0.05, 0) is 123 Å². The molecule has 9 rings (SSSR count). The molecular formula is C50H58N6O8. The molecular weight excluding hydrogens is 813 g/mol. The first kappa shape index (κ1) is 43.1. The number of carbonyl (C=O) groups excluding carboxylic acids is 1. The van der Waals surface area contributed by atoms with Crippen molar-refractivity contribution in [3.8, 4) is 40.6 Å². The van der Waals surface area contributed by atoms with Crippen LogP contribution in [0.5, 0.6) is 28.7 Å². The average molecular weight is 871 g/mol. The maximum Gasteiger partial charge on any atom is 0.302 e. The Labute approximate surface area is 374 Å². The normalized spacial score (nSPS) is 28.2. The monoisotopic (exact) mass is 870 g/mol. The first-order chi connectivity index (χ1) is 31.1. The molecule has 2 saturated carbocycles. The van der Waals surface area contributed by atoms with E-state index in [2.05, 4.69) is 32.4 Å². The Morgan fingerprint density at radius 2 is 1.91 bits per heavy atom. The van der Waals surface area contributed by atoms with Gasteiger partial charge in [-0.25, -0.2) is 4.98 Å². The van der Waals surface area contributed by atoms with Gasteiger partial charge in [-0.1, -0.05) is 24.0 Å². The number of nitrogens with one attached hydrogen (secondary N) is 2. The van der Waals surface area contributed by atoms with Crippen LogP contribution in [0.4, 0.5) is 5.82 Å². The van der Waals surface area contributed by atoms with Crippen LogP contribution >= 0.6 is 0 Å². The number of nitrogens with zero attached hydrogens (tertiary/aromatic N) is 3. The lowest BCUT2D eigenvalue weighted by atomic mass is 9.65. The van der Waals surface area contributed by atoms with E-state index in [0.29, 0.717) is 42.9 Å². The van der Waals surface area contributed by atoms with Crippen LogP contribution < -0.4 is 25.8 Å². The smallest absolute Gasteiger partial charge is 0.302 e. The summed E-state index contributed by atoms with van der Waals surface area (Å²) in [5.41, 5.74) is 9.22. The summed E-state index contributed by atoms with van der Waals surface area (Å²) in [6.45, 7) is 3.06. The molecule has 2 aromatic carbocycles. The third-order valence-corrected chi connectivity index (χ3v) is 13.8. The first-order valence-corrected chi connectivity index (χ1v) is 22.8. The number of phenols is 3. The van der Waals surface area contributed by atoms with Gasteiger partial charge in [0.1, 0.15) is 18.0 Å². The van der Waals surface area contributed by atoms with E-state index in [1.807, 2.05) is 36.4 Å². The fourth-order valence-electron chi connectivity index (χ4n) is 10.7. The fourth-order valence-corrected chi connectivity index (χ4v) is 10.7. The summed E-state index contributed by atoms with van der Waals surface area (Å²) in [4.78, 5) is 25.8. The van der Waals surface area contributed by atoms with Gasteiger partial charge in [0.15, 0.2) is 29.0 Å². The van der Waals surface area contributed by atoms with Crippen LogP contribution in [-0.4, -0.2) is 80.8 Å². The number of aliphatic imine (C=N–C) groups is 1. The van der Waals surface area contributed by atoms with Crippen molar-refractivity contribution in [1.29, 1.82) is 0 Å². The Morgan fingerprint density at radius 3 is 2.75 bits per heavy atom. The van der Waals surface area contributed by atoms with E-state index in [4.69, 9.17) is 29.7 Å². The van der Waals surface area contributed by atoms with Crippen molar-refractivity contribution in [3.63, 3.8) is 0 Å². The number of aromatic nitrogens is 2. The van der Waals surface area contributed by atoms with E-state index in [1.54, 1.807) is 30.7 Å². The zero-order valence-corrected chi connectivity index (χ0v) is 36.2. The van der Waals surface area contributed by atoms with Crippen molar-refractivity contribution in [2.24, 2.45) is 28.7 Å². The van der Waals surface area contributed by atoms with Gasteiger partial charge < -0.3 is 50.6 Å². The van der Waals surface area contributed by atoms with Crippen molar-refractivity contribution in [2.75, 3.05) is 25.4 Å². The lowest BCUT2D eigenvalue weighted by Crippen LogP contribution is -2.64. The maximum atomic E-state index is 12.7. The molecule has 64 heavy (non-hydrogen) atoms. The van der Waals surface area contributed by atoms with Crippen LogP contribution in [-0.2, 0) is 33.5 Å². The topological polar surface area (TPSA) is 203 Å². The zero-order chi connectivity index (χ0) is 44.2. The Morgan fingerprint density at radius 1 is 1.00 bits per heavy atom. The minimum atomic E-state index is -0.591. The maximum absolute atomic E-state index is 12.7. The van der Waals surface area contributed by atoms with Gasteiger partial charge in [-0.3, -0.25) is 14.8 Å². The quantitative estimate of drug-likeness (QED) is 0.0448. The molecule has 3 aliphatic heterocycles. The number of phenolic OH excluding ortho intramolecular Hbond substituents is 3. The molecule has 2 bridgehead atoms. The Balaban J connectivity index is 0.996. The van der Waals surface area contributed by atoms with E-state index in [9.17, 15) is 20.1 Å². The molecule has 4 aromatic rings. The summed E-state index contributed by atoms with van der Waals surface area (Å²) < 4.78 is 26.1. The lowest BCUT2D eigenvalue weighted by molar-refractivity contribution is -0.196. The highest BCUT2D eigenvalue weighted by molar-refractivity contribution is 5.81. The molecule has 14 nitrogen and oxygen atoms in total. The number of esters is 1. The second-order valence-corrected chi connectivity index (χ2v) is 18.0. The lowest BCUT2D eigenvalue weighted by Gasteiger charge is -2.49. The summed E-state index contributed by atoms with van der Waals surface area (Å²) in [5, 5.41) is 40.4. The van der Waals surface area contributed by atoms with E-state index in [0.717, 1.165) is 80.6 Å². The minimum absolute atomic E-state index is 0.0652. The van der Waals surface area contributed by atoms with Crippen LogP contribution in [0.2, 0.25) is 0 Å². The summed E-state index contributed by atoms with van der Waals surface area (Å²) in [7, 11) is 0. The molecule has 1 spiro atoms. The highest BCUT2D eigenvalue weighted by Crippen LogP contribution is 2.50. The molecule has 5 heterocycles. The Kier molecular flexibility index (Phi) is 12.7. The number of hydrogen-bond donors (Lipinski definition) is 6. The number of ether oxygens (including phenoxy) is 4. The van der Waals surface area contributed by atoms with Crippen molar-refractivity contribution >= 4 is 17.7 Å². The van der Waals surface area contributed by atoms with Gasteiger partial charge in [0.25, 0.3) is 0 Å². The molecule has 336 valence electrons. The molecule has 0 radical (unpaired) electrons. The number of aromatic hydroxyl groups is 3. The average Bonchev–Trinajstić information content (AvgIpc) is 3.30. The van der Waals surface area contributed by atoms with Gasteiger partial charge >= 0.3 is 5.97 Å². The van der Waals surface area contributed by atoms with Crippen LogP contribution in [0, 0.1) is 35.5 Å². The number of pyridine rings is 2. The van der Waals surface area contributed by atoms with E-state index < -0.39 is 17.7 Å². The van der Waals surface area contributed by atoms with Crippen molar-refractivity contribution < 1.29 is 39.1 Å². The number of rotatable bonds is 10. The molecule has 2 aromatic heterocycles. The summed E-state index contributed by atoms with van der Waals surface area (Å²) in [6, 6.07) is 16.5. The SMILES string of the molecule is CC(=O)O[C@H]1C[C@@H](c2cc(O)c(O)c(OCCc3cccnc3)c2)O[C@@H]2[C@H]1CC[C@@H]1C#C[C@@H]3[C@@H](CCC[C@@]34CCN=C(NCCCc3ccnc(N)c3)N4)Oc3cc(ccc3O)C[C@H]21. The van der Waals surface area contributed by atoms with Gasteiger partial charge in [0.2, 0.25) is 5.75 Å². The third kappa shape index (κ3) is 9.50. The van der Waals surface area contributed by atoms with Crippen LogP contribution in [0.1, 0.15) is 86.6 Å². The molecule has 2 aliphatic carbocycles. The van der Waals surface area contributed by atoms with E-state index >= 15 is 0 Å². The van der Waals surface area contributed by atoms with Gasteiger partial charge in [-0.2, -0.15) is 0 Å². The Bertz CT molecular complexity index is 2400. The van der Waals surface area contributed by atoms with Crippen LogP contribution in [0.3, 0.4) is 0 Å². The molecule has 14 heteroatoms. The van der Waals surface area contributed by atoms with Crippen molar-refractivity contribution in [1.82, 2.24) is 20.6 Å². The van der Waals surface area contributed by atoms with Gasteiger partial charge in [-0.15, -0.1) is 0 Å². The first-order valence-electron chi connectivity index (χ1n) is 22.8. The molecule has 0 unspecified atom stereocenters. The summed E-state index contributed by atoms with van der Waals surface area (Å²) >= 11 is 0. The number of hydrogen-bond acceptors (Lipinski definition) is 14. The van der Waals surface area contributed by atoms with Gasteiger partial charge in [0, 0.05) is 69.2 Å². The third-order valence-electron chi connectivity index (χ3n) is 13.8. The molecule has 9 atom stereocenters. The van der Waals surface area contributed by atoms with Crippen LogP contribution in [0.25, 0.3) is 0 Å². The summed E-state index contributed by atoms with van der Waals surface area (Å²) in [6.07, 6.45) is 11.7. The number of nitrogen functional groups attached to an aromatic ring is 1. The number of guanidine groups is 1. The van der Waals surface area contributed by atoms with Gasteiger partial charge in [0.05, 0.1) is 30.3 Å². The molecule has 1 saturated heterocycles. The number of anilines is 1. The van der Waals surface area contributed by atoms with E-state index in [-0.39, 0.29) is 71.5 Å². The van der Waals surface area contributed by atoms with E-state index in [1.165, 1.54) is 13.0 Å². The molecule has 5 aliphatic rings. The number of fused-ring (bicyclic) bond motifs is 7. The highest BCUT2D eigenvalue weighted by Gasteiger charge is 2.51. The largest absolute Gasteiger partial charge is 0.504 e. The number of nitrogens with two attached hydrogens (primary N) is 1. The number of aryl methyl sites for hydroxylation is 1. The molecule has 7 N–H and O–H groups in total. The predicted octanol–water partition coefficient (Wildman–Crippen LogP) is 6.32. The second kappa shape index (κ2) is 18.9. The number of carbonyl (C=O) groups is 1. The number of benzene rings is 2. The molecule has 0 amide bonds. The predicted molar refractivity (Wildman–Crippen MR) is 240 cm³/mol. The summed E-state index contributed by atoms with van der Waals surface area (Å²) in [5.74, 6) is 8.04. The Hall–Kier alpha value is -6.20. The van der Waals surface area contributed by atoms with Crippen molar-refractivity contribution in [3.05, 3.63) is 95.4 Å².